The second-order valence-electron chi connectivity index (χ2n) is 9.35. The summed E-state index contributed by atoms with van der Waals surface area (Å²) in [5.41, 5.74) is 0.0846. The van der Waals surface area contributed by atoms with Crippen LogP contribution in [0.5, 0.6) is 5.75 Å². The van der Waals surface area contributed by atoms with E-state index in [1.54, 1.807) is 12.0 Å². The van der Waals surface area contributed by atoms with Gasteiger partial charge < -0.3 is 19.7 Å². The van der Waals surface area contributed by atoms with Crippen LogP contribution in [0.15, 0.2) is 24.3 Å². The van der Waals surface area contributed by atoms with E-state index >= 15 is 0 Å². The van der Waals surface area contributed by atoms with Crippen LogP contribution in [-0.2, 0) is 20.9 Å². The zero-order chi connectivity index (χ0) is 22.7. The SMILES string of the molecule is COc1cccc(CN(CC2CCCO2)C(=O)CN2C(=O)NC3(CCC(C)CC3)C2=O)c1. The van der Waals surface area contributed by atoms with Gasteiger partial charge in [-0.25, -0.2) is 4.79 Å². The fraction of sp³-hybridized carbons (Fsp3) is 0.625. The van der Waals surface area contributed by atoms with Crippen molar-refractivity contribution in [1.82, 2.24) is 15.1 Å². The highest BCUT2D eigenvalue weighted by molar-refractivity contribution is 6.09. The average molecular weight is 444 g/mol. The van der Waals surface area contributed by atoms with Crippen molar-refractivity contribution in [3.8, 4) is 5.75 Å². The molecule has 1 saturated carbocycles. The van der Waals surface area contributed by atoms with Gasteiger partial charge in [-0.05, 0) is 62.1 Å². The number of hydrogen-bond donors (Lipinski definition) is 1. The Morgan fingerprint density at radius 2 is 2.06 bits per heavy atom. The maximum absolute atomic E-state index is 13.3. The van der Waals surface area contributed by atoms with Crippen molar-refractivity contribution in [3.05, 3.63) is 29.8 Å². The molecule has 8 heteroatoms. The molecule has 174 valence electrons. The van der Waals surface area contributed by atoms with Crippen LogP contribution < -0.4 is 10.1 Å². The first kappa shape index (κ1) is 22.6. The molecule has 1 unspecified atom stereocenters. The first-order valence-electron chi connectivity index (χ1n) is 11.6. The first-order chi connectivity index (χ1) is 15.4. The van der Waals surface area contributed by atoms with Gasteiger partial charge in [0.25, 0.3) is 5.91 Å². The number of imide groups is 1. The maximum atomic E-state index is 13.3. The molecule has 32 heavy (non-hydrogen) atoms. The van der Waals surface area contributed by atoms with E-state index in [4.69, 9.17) is 9.47 Å². The Balaban J connectivity index is 1.47. The van der Waals surface area contributed by atoms with Gasteiger partial charge in [0, 0.05) is 19.7 Å². The number of carbonyl (C=O) groups is 3. The zero-order valence-electron chi connectivity index (χ0n) is 19.0. The molecule has 3 fully saturated rings. The standard InChI is InChI=1S/C24H33N3O5/c1-17-8-10-24(11-9-17)22(29)27(23(30)25-24)16-21(28)26(15-20-7-4-12-32-20)14-18-5-3-6-19(13-18)31-2/h3,5-6,13,17,20H,4,7-12,14-16H2,1-2H3,(H,25,30). The van der Waals surface area contributed by atoms with Crippen molar-refractivity contribution < 1.29 is 23.9 Å². The Hall–Kier alpha value is -2.61. The summed E-state index contributed by atoms with van der Waals surface area (Å²) in [6.45, 7) is 3.40. The Bertz CT molecular complexity index is 859. The highest BCUT2D eigenvalue weighted by atomic mass is 16.5. The molecule has 1 aliphatic carbocycles. The minimum atomic E-state index is -0.837. The van der Waals surface area contributed by atoms with Crippen LogP contribution in [0, 0.1) is 5.92 Å². The van der Waals surface area contributed by atoms with Gasteiger partial charge in [0.2, 0.25) is 5.91 Å². The van der Waals surface area contributed by atoms with Gasteiger partial charge in [-0.1, -0.05) is 19.1 Å². The fourth-order valence-corrected chi connectivity index (χ4v) is 4.93. The molecule has 1 spiro atoms. The third kappa shape index (κ3) is 4.75. The summed E-state index contributed by atoms with van der Waals surface area (Å²) in [6, 6.07) is 7.10. The van der Waals surface area contributed by atoms with E-state index in [1.807, 2.05) is 24.3 Å². The van der Waals surface area contributed by atoms with Crippen molar-refractivity contribution in [1.29, 1.82) is 0 Å². The number of benzene rings is 1. The minimum Gasteiger partial charge on any atom is -0.497 e. The first-order valence-corrected chi connectivity index (χ1v) is 11.6. The van der Waals surface area contributed by atoms with E-state index in [0.717, 1.165) is 41.9 Å². The molecule has 1 atom stereocenters. The van der Waals surface area contributed by atoms with Crippen molar-refractivity contribution in [2.75, 3.05) is 26.8 Å². The van der Waals surface area contributed by atoms with Crippen molar-refractivity contribution in [2.45, 2.75) is 63.6 Å². The molecule has 2 saturated heterocycles. The minimum absolute atomic E-state index is 0.0289. The quantitative estimate of drug-likeness (QED) is 0.655. The topological polar surface area (TPSA) is 88.2 Å². The number of urea groups is 1. The second kappa shape index (κ2) is 9.48. The van der Waals surface area contributed by atoms with Gasteiger partial charge in [-0.15, -0.1) is 0 Å². The lowest BCUT2D eigenvalue weighted by atomic mass is 9.77. The predicted octanol–water partition coefficient (Wildman–Crippen LogP) is 2.70. The van der Waals surface area contributed by atoms with Crippen LogP contribution in [0.3, 0.4) is 0 Å². The molecule has 0 bridgehead atoms. The second-order valence-corrected chi connectivity index (χ2v) is 9.35. The predicted molar refractivity (Wildman–Crippen MR) is 118 cm³/mol. The number of ether oxygens (including phenoxy) is 2. The molecular weight excluding hydrogens is 410 g/mol. The molecule has 4 rings (SSSR count). The van der Waals surface area contributed by atoms with Crippen LogP contribution in [0.2, 0.25) is 0 Å². The van der Waals surface area contributed by atoms with Gasteiger partial charge in [-0.3, -0.25) is 14.5 Å². The van der Waals surface area contributed by atoms with Gasteiger partial charge in [-0.2, -0.15) is 0 Å². The molecule has 0 radical (unpaired) electrons. The Labute approximate surface area is 189 Å². The highest BCUT2D eigenvalue weighted by Crippen LogP contribution is 2.36. The van der Waals surface area contributed by atoms with Gasteiger partial charge >= 0.3 is 6.03 Å². The van der Waals surface area contributed by atoms with Crippen LogP contribution in [0.4, 0.5) is 4.79 Å². The molecule has 3 aliphatic rings. The molecule has 1 aromatic carbocycles. The number of carbonyl (C=O) groups excluding carboxylic acids is 3. The Morgan fingerprint density at radius 1 is 1.28 bits per heavy atom. The van der Waals surface area contributed by atoms with Crippen LogP contribution in [0.25, 0.3) is 0 Å². The Morgan fingerprint density at radius 3 is 2.75 bits per heavy atom. The molecule has 1 N–H and O–H groups in total. The molecular formula is C24H33N3O5. The lowest BCUT2D eigenvalue weighted by Gasteiger charge is -2.33. The van der Waals surface area contributed by atoms with Crippen LogP contribution in [0.1, 0.15) is 51.0 Å². The van der Waals surface area contributed by atoms with Gasteiger partial charge in [0.05, 0.1) is 13.2 Å². The van der Waals surface area contributed by atoms with Crippen molar-refractivity contribution >= 4 is 17.8 Å². The largest absolute Gasteiger partial charge is 0.497 e. The Kier molecular flexibility index (Phi) is 6.69. The number of nitrogens with zero attached hydrogens (tertiary/aromatic N) is 2. The fourth-order valence-electron chi connectivity index (χ4n) is 4.93. The third-order valence-electron chi connectivity index (χ3n) is 6.98. The van der Waals surface area contributed by atoms with E-state index in [1.165, 1.54) is 0 Å². The summed E-state index contributed by atoms with van der Waals surface area (Å²) < 4.78 is 11.1. The molecule has 0 aromatic heterocycles. The highest BCUT2D eigenvalue weighted by Gasteiger charge is 2.52. The smallest absolute Gasteiger partial charge is 0.325 e. The lowest BCUT2D eigenvalue weighted by molar-refractivity contribution is -0.140. The molecule has 4 amide bonds. The molecule has 1 aromatic rings. The van der Waals surface area contributed by atoms with E-state index in [2.05, 4.69) is 12.2 Å². The van der Waals surface area contributed by atoms with E-state index in [-0.39, 0.29) is 24.5 Å². The van der Waals surface area contributed by atoms with E-state index in [0.29, 0.717) is 38.5 Å². The number of methoxy groups -OCH3 is 1. The monoisotopic (exact) mass is 443 g/mol. The summed E-state index contributed by atoms with van der Waals surface area (Å²) >= 11 is 0. The molecule has 2 heterocycles. The number of rotatable bonds is 7. The number of hydrogen-bond acceptors (Lipinski definition) is 5. The lowest BCUT2D eigenvalue weighted by Crippen LogP contribution is -2.50. The van der Waals surface area contributed by atoms with Crippen LogP contribution >= 0.6 is 0 Å². The molecule has 2 aliphatic heterocycles. The number of nitrogens with one attached hydrogen (secondary N) is 1. The summed E-state index contributed by atoms with van der Waals surface area (Å²) in [7, 11) is 1.61. The normalized spacial score (nSPS) is 27.6. The molecule has 8 nitrogen and oxygen atoms in total. The average Bonchev–Trinajstić information content (AvgIpc) is 3.38. The summed E-state index contributed by atoms with van der Waals surface area (Å²) in [4.78, 5) is 42.0. The van der Waals surface area contributed by atoms with Crippen LogP contribution in [-0.4, -0.2) is 66.1 Å². The number of amides is 4. The van der Waals surface area contributed by atoms with Crippen molar-refractivity contribution in [3.63, 3.8) is 0 Å². The summed E-state index contributed by atoms with van der Waals surface area (Å²) in [6.07, 6.45) is 4.90. The third-order valence-corrected chi connectivity index (χ3v) is 6.98. The summed E-state index contributed by atoms with van der Waals surface area (Å²) in [5.74, 6) is 0.745. The van der Waals surface area contributed by atoms with E-state index in [9.17, 15) is 14.4 Å². The van der Waals surface area contributed by atoms with Gasteiger partial charge in [0.1, 0.15) is 17.8 Å². The summed E-state index contributed by atoms with van der Waals surface area (Å²) in [5, 5.41) is 2.90. The van der Waals surface area contributed by atoms with E-state index < -0.39 is 11.6 Å². The zero-order valence-corrected chi connectivity index (χ0v) is 19.0. The maximum Gasteiger partial charge on any atom is 0.325 e. The van der Waals surface area contributed by atoms with Gasteiger partial charge in [0.15, 0.2) is 0 Å². The van der Waals surface area contributed by atoms with Crippen molar-refractivity contribution in [2.24, 2.45) is 5.92 Å².